The van der Waals surface area contributed by atoms with Gasteiger partial charge in [-0.25, -0.2) is 19.9 Å². The van der Waals surface area contributed by atoms with Crippen LogP contribution >= 0.6 is 47.8 Å². The highest BCUT2D eigenvalue weighted by atomic mass is 79.9. The molecule has 9 aromatic rings. The lowest BCUT2D eigenvalue weighted by Crippen LogP contribution is -1.93. The zero-order valence-corrected chi connectivity index (χ0v) is 30.5. The minimum atomic E-state index is 0.865. The van der Waals surface area contributed by atoms with Crippen molar-refractivity contribution in [3.8, 4) is 45.0 Å². The van der Waals surface area contributed by atoms with Crippen LogP contribution < -0.4 is 0 Å². The minimum Gasteiger partial charge on any atom is -0.245 e. The highest BCUT2D eigenvalue weighted by Crippen LogP contribution is 2.34. The van der Waals surface area contributed by atoms with Crippen LogP contribution in [0, 0.1) is 0 Å². The van der Waals surface area contributed by atoms with Gasteiger partial charge in [0.2, 0.25) is 0 Å². The van der Waals surface area contributed by atoms with Gasteiger partial charge in [-0.1, -0.05) is 121 Å². The Morgan fingerprint density at radius 3 is 0.939 bits per heavy atom. The van der Waals surface area contributed by atoms with Crippen LogP contribution in [0.15, 0.2) is 153 Å². The fourth-order valence-corrected chi connectivity index (χ4v) is 7.65. The summed E-state index contributed by atoms with van der Waals surface area (Å²) in [4.78, 5) is 20.6. The Hall–Kier alpha value is -4.82. The molecule has 0 spiro atoms. The molecule has 0 bridgehead atoms. The number of aromatic nitrogens is 4. The van der Waals surface area contributed by atoms with Gasteiger partial charge in [0.1, 0.15) is 0 Å². The smallest absolute Gasteiger partial charge is 0.0972 e. The van der Waals surface area contributed by atoms with Crippen molar-refractivity contribution in [2.45, 2.75) is 0 Å². The average Bonchev–Trinajstić information content (AvgIpc) is 3.13. The van der Waals surface area contributed by atoms with Crippen LogP contribution in [0.5, 0.6) is 0 Å². The molecular formula is C42H23Br3N4. The summed E-state index contributed by atoms with van der Waals surface area (Å²) in [5.41, 5.74) is 11.1. The van der Waals surface area contributed by atoms with E-state index < -0.39 is 0 Å². The Labute approximate surface area is 307 Å². The molecule has 0 saturated carbocycles. The number of nitrogens with zero attached hydrogens (tertiary/aromatic N) is 4. The standard InChI is InChI=1S/C42H23Br3N4/c43-32-5-1-3-28(20-32)35-15-11-24-7-9-26-13-17-37(48-41(26)39(24)46-35)30-19-31(23-34(45)22-30)38-18-14-27-10-8-25-12-16-36(47-40(25)42(27)49-38)29-4-2-6-33(44)21-29/h1-23H. The Bertz CT molecular complexity index is 2590. The number of fused-ring (bicyclic) bond motifs is 6. The van der Waals surface area contributed by atoms with Crippen molar-refractivity contribution in [3.63, 3.8) is 0 Å². The van der Waals surface area contributed by atoms with Gasteiger partial charge in [-0.15, -0.1) is 0 Å². The fourth-order valence-electron chi connectivity index (χ4n) is 6.36. The average molecular weight is 823 g/mol. The second-order valence-electron chi connectivity index (χ2n) is 12.0. The number of pyridine rings is 4. The first-order chi connectivity index (χ1) is 23.9. The summed E-state index contributed by atoms with van der Waals surface area (Å²) < 4.78 is 2.99. The summed E-state index contributed by atoms with van der Waals surface area (Å²) in [5.74, 6) is 0. The van der Waals surface area contributed by atoms with Crippen molar-refractivity contribution >= 4 is 91.4 Å². The van der Waals surface area contributed by atoms with Gasteiger partial charge in [0.05, 0.1) is 44.8 Å². The molecule has 0 fully saturated rings. The van der Waals surface area contributed by atoms with Crippen LogP contribution in [0.4, 0.5) is 0 Å². The quantitative estimate of drug-likeness (QED) is 0.166. The molecule has 0 unspecified atom stereocenters. The number of hydrogen-bond acceptors (Lipinski definition) is 4. The Kier molecular flexibility index (Phi) is 7.57. The summed E-state index contributed by atoms with van der Waals surface area (Å²) in [6.45, 7) is 0. The van der Waals surface area contributed by atoms with Crippen LogP contribution in [-0.4, -0.2) is 19.9 Å². The van der Waals surface area contributed by atoms with E-state index >= 15 is 0 Å². The third-order valence-electron chi connectivity index (χ3n) is 8.77. The number of halogens is 3. The van der Waals surface area contributed by atoms with E-state index in [2.05, 4.69) is 163 Å². The molecule has 4 heterocycles. The lowest BCUT2D eigenvalue weighted by molar-refractivity contribution is 1.35. The molecule has 232 valence electrons. The second-order valence-corrected chi connectivity index (χ2v) is 14.7. The van der Waals surface area contributed by atoms with Crippen molar-refractivity contribution < 1.29 is 0 Å². The molecule has 5 aromatic carbocycles. The summed E-state index contributed by atoms with van der Waals surface area (Å²) in [7, 11) is 0. The molecule has 0 aliphatic carbocycles. The van der Waals surface area contributed by atoms with Gasteiger partial charge >= 0.3 is 0 Å². The maximum Gasteiger partial charge on any atom is 0.0972 e. The lowest BCUT2D eigenvalue weighted by atomic mass is 10.0. The third kappa shape index (κ3) is 5.72. The third-order valence-corrected chi connectivity index (χ3v) is 10.2. The van der Waals surface area contributed by atoms with Crippen LogP contribution in [0.1, 0.15) is 0 Å². The zero-order chi connectivity index (χ0) is 33.1. The van der Waals surface area contributed by atoms with E-state index in [-0.39, 0.29) is 0 Å². The van der Waals surface area contributed by atoms with Crippen LogP contribution in [-0.2, 0) is 0 Å². The minimum absolute atomic E-state index is 0.865. The van der Waals surface area contributed by atoms with Gasteiger partial charge < -0.3 is 0 Å². The molecule has 0 saturated heterocycles. The normalized spacial score (nSPS) is 11.6. The molecule has 0 N–H and O–H groups in total. The van der Waals surface area contributed by atoms with Crippen molar-refractivity contribution in [2.75, 3.05) is 0 Å². The van der Waals surface area contributed by atoms with Crippen molar-refractivity contribution in [1.82, 2.24) is 19.9 Å². The Morgan fingerprint density at radius 1 is 0.286 bits per heavy atom. The van der Waals surface area contributed by atoms with Crippen LogP contribution in [0.3, 0.4) is 0 Å². The van der Waals surface area contributed by atoms with Gasteiger partial charge in [-0.2, -0.15) is 0 Å². The first-order valence-electron chi connectivity index (χ1n) is 15.7. The lowest BCUT2D eigenvalue weighted by Gasteiger charge is -2.11. The molecule has 9 rings (SSSR count). The van der Waals surface area contributed by atoms with Gasteiger partial charge in [0.15, 0.2) is 0 Å². The van der Waals surface area contributed by atoms with Gasteiger partial charge in [0.25, 0.3) is 0 Å². The summed E-state index contributed by atoms with van der Waals surface area (Å²) in [6, 6.07) is 48.0. The molecule has 49 heavy (non-hydrogen) atoms. The molecule has 4 aromatic heterocycles. The Balaban J connectivity index is 1.16. The largest absolute Gasteiger partial charge is 0.245 e. The predicted octanol–water partition coefficient (Wildman–Crippen LogP) is 12.8. The molecule has 0 aliphatic rings. The molecule has 7 heteroatoms. The monoisotopic (exact) mass is 820 g/mol. The van der Waals surface area contributed by atoms with E-state index in [0.717, 1.165) is 102 Å². The van der Waals surface area contributed by atoms with Crippen LogP contribution in [0.2, 0.25) is 0 Å². The predicted molar refractivity (Wildman–Crippen MR) is 212 cm³/mol. The zero-order valence-electron chi connectivity index (χ0n) is 25.7. The van der Waals surface area contributed by atoms with Gasteiger partial charge in [-0.05, 0) is 66.7 Å². The van der Waals surface area contributed by atoms with Gasteiger partial charge in [0, 0.05) is 57.2 Å². The van der Waals surface area contributed by atoms with Crippen LogP contribution in [0.25, 0.3) is 88.6 Å². The van der Waals surface area contributed by atoms with Crippen molar-refractivity contribution in [1.29, 1.82) is 0 Å². The maximum atomic E-state index is 5.21. The summed E-state index contributed by atoms with van der Waals surface area (Å²) >= 11 is 11.0. The molecule has 0 aliphatic heterocycles. The highest BCUT2D eigenvalue weighted by Gasteiger charge is 2.13. The first kappa shape index (κ1) is 30.3. The van der Waals surface area contributed by atoms with E-state index in [1.54, 1.807) is 0 Å². The Morgan fingerprint density at radius 2 is 0.592 bits per heavy atom. The number of benzene rings is 5. The van der Waals surface area contributed by atoms with Gasteiger partial charge in [-0.3, -0.25) is 0 Å². The van der Waals surface area contributed by atoms with E-state index in [1.807, 2.05) is 24.3 Å². The number of hydrogen-bond donors (Lipinski definition) is 0. The fraction of sp³-hybridized carbons (Fsp3) is 0. The topological polar surface area (TPSA) is 51.6 Å². The van der Waals surface area contributed by atoms with E-state index in [0.29, 0.717) is 0 Å². The summed E-state index contributed by atoms with van der Waals surface area (Å²) in [6.07, 6.45) is 0. The number of rotatable bonds is 4. The molecular weight excluding hydrogens is 800 g/mol. The highest BCUT2D eigenvalue weighted by molar-refractivity contribution is 9.11. The van der Waals surface area contributed by atoms with Crippen molar-refractivity contribution in [3.05, 3.63) is 153 Å². The van der Waals surface area contributed by atoms with E-state index in [9.17, 15) is 0 Å². The van der Waals surface area contributed by atoms with E-state index in [4.69, 9.17) is 19.9 Å². The maximum absolute atomic E-state index is 5.21. The van der Waals surface area contributed by atoms with Crippen molar-refractivity contribution in [2.24, 2.45) is 0 Å². The molecule has 0 radical (unpaired) electrons. The molecule has 0 atom stereocenters. The van der Waals surface area contributed by atoms with E-state index in [1.165, 1.54) is 0 Å². The molecule has 0 amide bonds. The second kappa shape index (κ2) is 12.3. The summed E-state index contributed by atoms with van der Waals surface area (Å²) in [5, 5.41) is 4.19. The molecule has 4 nitrogen and oxygen atoms in total. The SMILES string of the molecule is Brc1cccc(-c2ccc3ccc4ccc(-c5cc(Br)cc(-c6ccc7ccc8ccc(-c9cccc(Br)c9)nc8c7n6)c5)nc4c3n2)c1. The first-order valence-corrected chi connectivity index (χ1v) is 18.1.